The maximum absolute atomic E-state index is 12.1. The zero-order valence-corrected chi connectivity index (χ0v) is 12.3. The molecule has 124 valence electrons. The monoisotopic (exact) mass is 326 g/mol. The van der Waals surface area contributed by atoms with Crippen LogP contribution in [0.5, 0.6) is 5.88 Å². The van der Waals surface area contributed by atoms with Gasteiger partial charge >= 0.3 is 6.18 Å². The van der Waals surface area contributed by atoms with E-state index in [0.717, 1.165) is 5.56 Å². The van der Waals surface area contributed by atoms with Crippen LogP contribution in [0.25, 0.3) is 0 Å². The maximum atomic E-state index is 12.1. The number of nitrogens with zero attached hydrogens (tertiary/aromatic N) is 1. The number of halogens is 3. The summed E-state index contributed by atoms with van der Waals surface area (Å²) in [5.74, 6) is -0.113. The number of ether oxygens (including phenoxy) is 2. The van der Waals surface area contributed by atoms with E-state index in [1.54, 1.807) is 6.07 Å². The highest BCUT2D eigenvalue weighted by atomic mass is 19.4. The molecule has 0 amide bonds. The van der Waals surface area contributed by atoms with Gasteiger partial charge in [-0.3, -0.25) is 0 Å². The van der Waals surface area contributed by atoms with Gasteiger partial charge in [0, 0.05) is 12.3 Å². The van der Waals surface area contributed by atoms with Crippen molar-refractivity contribution in [3.05, 3.63) is 59.8 Å². The summed E-state index contributed by atoms with van der Waals surface area (Å²) >= 11 is 0. The molecule has 23 heavy (non-hydrogen) atoms. The van der Waals surface area contributed by atoms with E-state index in [2.05, 4.69) is 9.72 Å². The van der Waals surface area contributed by atoms with Crippen molar-refractivity contribution in [2.24, 2.45) is 5.73 Å². The minimum absolute atomic E-state index is 0.113. The fourth-order valence-corrected chi connectivity index (χ4v) is 1.86. The molecular weight excluding hydrogens is 309 g/mol. The first-order chi connectivity index (χ1) is 10.9. The minimum atomic E-state index is -4.40. The van der Waals surface area contributed by atoms with E-state index in [-0.39, 0.29) is 12.5 Å². The molecule has 1 aromatic heterocycles. The first-order valence-electron chi connectivity index (χ1n) is 6.97. The van der Waals surface area contributed by atoms with Gasteiger partial charge < -0.3 is 15.2 Å². The standard InChI is InChI=1S/C16H17F3N2O2/c17-16(18,19)11-23-15-8-13(6-7-21-15)14(20)10-22-9-12-4-2-1-3-5-12/h1-8,14H,9-11,20H2. The van der Waals surface area contributed by atoms with Crippen LogP contribution in [0.4, 0.5) is 13.2 Å². The number of hydrogen-bond donors (Lipinski definition) is 1. The van der Waals surface area contributed by atoms with Crippen LogP contribution in [0.15, 0.2) is 48.7 Å². The van der Waals surface area contributed by atoms with Crippen molar-refractivity contribution in [1.29, 1.82) is 0 Å². The van der Waals surface area contributed by atoms with Crippen LogP contribution in [-0.4, -0.2) is 24.4 Å². The number of benzene rings is 1. The molecule has 1 aromatic carbocycles. The molecule has 0 spiro atoms. The Morgan fingerprint density at radius 2 is 1.87 bits per heavy atom. The lowest BCUT2D eigenvalue weighted by Gasteiger charge is -2.14. The molecule has 1 unspecified atom stereocenters. The molecule has 0 saturated carbocycles. The van der Waals surface area contributed by atoms with Crippen molar-refractivity contribution in [1.82, 2.24) is 4.98 Å². The van der Waals surface area contributed by atoms with Crippen LogP contribution < -0.4 is 10.5 Å². The zero-order valence-electron chi connectivity index (χ0n) is 12.3. The van der Waals surface area contributed by atoms with Crippen LogP contribution in [0.2, 0.25) is 0 Å². The fraction of sp³-hybridized carbons (Fsp3) is 0.312. The van der Waals surface area contributed by atoms with E-state index in [9.17, 15) is 13.2 Å². The molecule has 2 aromatic rings. The molecule has 0 bridgehead atoms. The normalized spacial score (nSPS) is 12.9. The molecular formula is C16H17F3N2O2. The molecule has 0 saturated heterocycles. The molecule has 0 aliphatic rings. The minimum Gasteiger partial charge on any atom is -0.468 e. The Hall–Kier alpha value is -2.12. The summed E-state index contributed by atoms with van der Waals surface area (Å²) in [5, 5.41) is 0. The number of alkyl halides is 3. The van der Waals surface area contributed by atoms with Gasteiger partial charge in [0.15, 0.2) is 6.61 Å². The van der Waals surface area contributed by atoms with Crippen LogP contribution >= 0.6 is 0 Å². The van der Waals surface area contributed by atoms with Crippen molar-refractivity contribution >= 4 is 0 Å². The van der Waals surface area contributed by atoms with Gasteiger partial charge in [-0.05, 0) is 17.2 Å². The molecule has 4 nitrogen and oxygen atoms in total. The summed E-state index contributed by atoms with van der Waals surface area (Å²) in [6, 6.07) is 12.1. The maximum Gasteiger partial charge on any atom is 0.422 e. The predicted molar refractivity (Wildman–Crippen MR) is 78.8 cm³/mol. The van der Waals surface area contributed by atoms with Gasteiger partial charge in [0.05, 0.1) is 19.3 Å². The number of aromatic nitrogens is 1. The third-order valence-corrected chi connectivity index (χ3v) is 2.98. The van der Waals surface area contributed by atoms with E-state index < -0.39 is 18.8 Å². The number of rotatable bonds is 7. The quantitative estimate of drug-likeness (QED) is 0.849. The Bertz CT molecular complexity index is 606. The van der Waals surface area contributed by atoms with Crippen molar-refractivity contribution in [3.8, 4) is 5.88 Å². The van der Waals surface area contributed by atoms with Gasteiger partial charge in [0.1, 0.15) is 0 Å². The Balaban J connectivity index is 1.85. The summed E-state index contributed by atoms with van der Waals surface area (Å²) in [4.78, 5) is 3.73. The highest BCUT2D eigenvalue weighted by Gasteiger charge is 2.28. The van der Waals surface area contributed by atoms with E-state index in [0.29, 0.717) is 12.2 Å². The largest absolute Gasteiger partial charge is 0.468 e. The van der Waals surface area contributed by atoms with Gasteiger partial charge in [0.2, 0.25) is 5.88 Å². The molecule has 7 heteroatoms. The van der Waals surface area contributed by atoms with E-state index in [1.165, 1.54) is 12.3 Å². The first-order valence-corrected chi connectivity index (χ1v) is 6.97. The molecule has 2 rings (SSSR count). The Morgan fingerprint density at radius 3 is 2.57 bits per heavy atom. The van der Waals surface area contributed by atoms with Crippen LogP contribution in [0, 0.1) is 0 Å². The second-order valence-electron chi connectivity index (χ2n) is 4.94. The summed E-state index contributed by atoms with van der Waals surface area (Å²) in [7, 11) is 0. The second-order valence-corrected chi connectivity index (χ2v) is 4.94. The highest BCUT2D eigenvalue weighted by Crippen LogP contribution is 2.19. The van der Waals surface area contributed by atoms with Crippen LogP contribution in [0.3, 0.4) is 0 Å². The second kappa shape index (κ2) is 7.94. The SMILES string of the molecule is NC(COCc1ccccc1)c1ccnc(OCC(F)(F)F)c1. The summed E-state index contributed by atoms with van der Waals surface area (Å²) in [5.41, 5.74) is 7.60. The van der Waals surface area contributed by atoms with E-state index in [4.69, 9.17) is 10.5 Å². The van der Waals surface area contributed by atoms with Crippen molar-refractivity contribution in [2.45, 2.75) is 18.8 Å². The average Bonchev–Trinajstić information content (AvgIpc) is 2.53. The van der Waals surface area contributed by atoms with Gasteiger partial charge in [0.25, 0.3) is 0 Å². The molecule has 0 radical (unpaired) electrons. The summed E-state index contributed by atoms with van der Waals surface area (Å²) in [6.07, 6.45) is -3.04. The molecule has 2 N–H and O–H groups in total. The van der Waals surface area contributed by atoms with Crippen molar-refractivity contribution < 1.29 is 22.6 Å². The molecule has 0 fully saturated rings. The Morgan fingerprint density at radius 1 is 1.13 bits per heavy atom. The number of hydrogen-bond acceptors (Lipinski definition) is 4. The highest BCUT2D eigenvalue weighted by molar-refractivity contribution is 5.23. The Labute approximate surface area is 132 Å². The Kier molecular flexibility index (Phi) is 5.95. The number of pyridine rings is 1. The van der Waals surface area contributed by atoms with E-state index >= 15 is 0 Å². The third kappa shape index (κ3) is 6.25. The third-order valence-electron chi connectivity index (χ3n) is 2.98. The van der Waals surface area contributed by atoms with Crippen LogP contribution in [0.1, 0.15) is 17.2 Å². The summed E-state index contributed by atoms with van der Waals surface area (Å²) < 4.78 is 46.5. The smallest absolute Gasteiger partial charge is 0.422 e. The van der Waals surface area contributed by atoms with Crippen molar-refractivity contribution in [2.75, 3.05) is 13.2 Å². The van der Waals surface area contributed by atoms with Gasteiger partial charge in [-0.25, -0.2) is 4.98 Å². The molecule has 1 atom stereocenters. The average molecular weight is 326 g/mol. The lowest BCUT2D eigenvalue weighted by molar-refractivity contribution is -0.154. The van der Waals surface area contributed by atoms with Gasteiger partial charge in [-0.1, -0.05) is 30.3 Å². The molecule has 0 aliphatic carbocycles. The van der Waals surface area contributed by atoms with Crippen molar-refractivity contribution in [3.63, 3.8) is 0 Å². The molecule has 1 heterocycles. The topological polar surface area (TPSA) is 57.4 Å². The fourth-order valence-electron chi connectivity index (χ4n) is 1.86. The lowest BCUT2D eigenvalue weighted by atomic mass is 10.1. The number of nitrogens with two attached hydrogens (primary N) is 1. The predicted octanol–water partition coefficient (Wildman–Crippen LogP) is 3.24. The van der Waals surface area contributed by atoms with Gasteiger partial charge in [-0.2, -0.15) is 13.2 Å². The first kappa shape index (κ1) is 17.2. The van der Waals surface area contributed by atoms with Gasteiger partial charge in [-0.15, -0.1) is 0 Å². The zero-order chi connectivity index (χ0) is 16.7. The van der Waals surface area contributed by atoms with Crippen LogP contribution in [-0.2, 0) is 11.3 Å². The summed E-state index contributed by atoms with van der Waals surface area (Å²) in [6.45, 7) is -0.738. The van der Waals surface area contributed by atoms with E-state index in [1.807, 2.05) is 30.3 Å². The molecule has 0 aliphatic heterocycles. The lowest BCUT2D eigenvalue weighted by Crippen LogP contribution is -2.20.